The van der Waals surface area contributed by atoms with E-state index in [-0.39, 0.29) is 0 Å². The minimum absolute atomic E-state index is 0.653. The minimum Gasteiger partial charge on any atom is -0.264 e. The van der Waals surface area contributed by atoms with Gasteiger partial charge in [0.2, 0.25) is 0 Å². The van der Waals surface area contributed by atoms with Crippen molar-refractivity contribution in [1.82, 2.24) is 24.7 Å². The van der Waals surface area contributed by atoms with Crippen molar-refractivity contribution in [2.45, 2.75) is 11.6 Å². The molecule has 5 nitrogen and oxygen atoms in total. The van der Waals surface area contributed by atoms with E-state index in [0.717, 1.165) is 27.4 Å². The van der Waals surface area contributed by atoms with Gasteiger partial charge in [0.15, 0.2) is 5.65 Å². The first-order chi connectivity index (χ1) is 9.88. The van der Waals surface area contributed by atoms with Gasteiger partial charge in [0, 0.05) is 18.1 Å². The molecule has 0 aromatic carbocycles. The van der Waals surface area contributed by atoms with Crippen molar-refractivity contribution in [2.24, 2.45) is 0 Å². The fraction of sp³-hybridized carbons (Fsp3) is 0.143. The number of pyridine rings is 1. The number of rotatable bonds is 5. The standard InChI is InChI=1S/C14H13N5S/c1-2-6-20-14-12-8-18-19(13(12)16-10-17-14)9-11-4-3-5-15-7-11/h2-5,7-8,10H,1,6,9H2. The van der Waals surface area contributed by atoms with Crippen LogP contribution in [0.25, 0.3) is 11.0 Å². The molecular weight excluding hydrogens is 270 g/mol. The highest BCUT2D eigenvalue weighted by atomic mass is 32.2. The molecule has 6 heteroatoms. The quantitative estimate of drug-likeness (QED) is 0.409. The lowest BCUT2D eigenvalue weighted by molar-refractivity contribution is 0.701. The van der Waals surface area contributed by atoms with Gasteiger partial charge in [-0.25, -0.2) is 14.6 Å². The van der Waals surface area contributed by atoms with Gasteiger partial charge in [0.1, 0.15) is 11.4 Å². The molecule has 3 aromatic rings. The van der Waals surface area contributed by atoms with Gasteiger partial charge in [-0.2, -0.15) is 5.10 Å². The van der Waals surface area contributed by atoms with Crippen LogP contribution in [0.5, 0.6) is 0 Å². The number of fused-ring (bicyclic) bond motifs is 1. The Balaban J connectivity index is 1.95. The first-order valence-corrected chi connectivity index (χ1v) is 7.16. The third-order valence-electron chi connectivity index (χ3n) is 2.79. The van der Waals surface area contributed by atoms with Gasteiger partial charge in [-0.15, -0.1) is 18.3 Å². The van der Waals surface area contributed by atoms with Gasteiger partial charge >= 0.3 is 0 Å². The molecule has 0 radical (unpaired) electrons. The summed E-state index contributed by atoms with van der Waals surface area (Å²) in [6.07, 6.45) is 8.85. The number of hydrogen-bond donors (Lipinski definition) is 0. The van der Waals surface area contributed by atoms with Crippen molar-refractivity contribution in [1.29, 1.82) is 0 Å². The maximum Gasteiger partial charge on any atom is 0.162 e. The summed E-state index contributed by atoms with van der Waals surface area (Å²) < 4.78 is 1.87. The van der Waals surface area contributed by atoms with Crippen LogP contribution in [0.2, 0.25) is 0 Å². The van der Waals surface area contributed by atoms with Crippen molar-refractivity contribution in [3.05, 3.63) is 55.3 Å². The zero-order valence-electron chi connectivity index (χ0n) is 10.8. The monoisotopic (exact) mass is 283 g/mol. The molecule has 0 bridgehead atoms. The predicted octanol–water partition coefficient (Wildman–Crippen LogP) is 2.55. The van der Waals surface area contributed by atoms with E-state index in [2.05, 4.69) is 26.6 Å². The predicted molar refractivity (Wildman–Crippen MR) is 79.6 cm³/mol. The average Bonchev–Trinajstić information content (AvgIpc) is 2.90. The van der Waals surface area contributed by atoms with E-state index in [0.29, 0.717) is 6.54 Å². The second kappa shape index (κ2) is 5.83. The molecule has 100 valence electrons. The van der Waals surface area contributed by atoms with Gasteiger partial charge in [-0.05, 0) is 11.6 Å². The topological polar surface area (TPSA) is 56.5 Å². The zero-order chi connectivity index (χ0) is 13.8. The molecule has 20 heavy (non-hydrogen) atoms. The van der Waals surface area contributed by atoms with Crippen molar-refractivity contribution in [2.75, 3.05) is 5.75 Å². The van der Waals surface area contributed by atoms with E-state index >= 15 is 0 Å². The lowest BCUT2D eigenvalue weighted by atomic mass is 10.3. The molecule has 0 aliphatic heterocycles. The van der Waals surface area contributed by atoms with Gasteiger partial charge in [-0.3, -0.25) is 4.98 Å². The van der Waals surface area contributed by atoms with Crippen LogP contribution >= 0.6 is 11.8 Å². The molecule has 0 aliphatic carbocycles. The molecule has 0 spiro atoms. The summed E-state index contributed by atoms with van der Waals surface area (Å²) in [5, 5.41) is 6.32. The fourth-order valence-corrected chi connectivity index (χ4v) is 2.60. The van der Waals surface area contributed by atoms with Crippen molar-refractivity contribution >= 4 is 22.8 Å². The lowest BCUT2D eigenvalue weighted by Gasteiger charge is -2.03. The van der Waals surface area contributed by atoms with Gasteiger partial charge < -0.3 is 0 Å². The number of thioether (sulfide) groups is 1. The molecule has 0 saturated carbocycles. The fourth-order valence-electron chi connectivity index (χ4n) is 1.90. The van der Waals surface area contributed by atoms with E-state index in [1.807, 2.05) is 35.3 Å². The summed E-state index contributed by atoms with van der Waals surface area (Å²) in [5.41, 5.74) is 1.94. The highest BCUT2D eigenvalue weighted by molar-refractivity contribution is 7.99. The van der Waals surface area contributed by atoms with Crippen LogP contribution < -0.4 is 0 Å². The first kappa shape index (κ1) is 12.8. The van der Waals surface area contributed by atoms with Crippen molar-refractivity contribution < 1.29 is 0 Å². The Bertz CT molecular complexity index is 723. The van der Waals surface area contributed by atoms with Crippen LogP contribution in [-0.4, -0.2) is 30.5 Å². The van der Waals surface area contributed by atoms with Crippen LogP contribution in [0.1, 0.15) is 5.56 Å². The first-order valence-electron chi connectivity index (χ1n) is 6.17. The molecule has 0 N–H and O–H groups in total. The molecule has 0 saturated heterocycles. The molecule has 0 fully saturated rings. The highest BCUT2D eigenvalue weighted by Gasteiger charge is 2.10. The van der Waals surface area contributed by atoms with Gasteiger partial charge in [-0.1, -0.05) is 12.1 Å². The molecule has 0 atom stereocenters. The van der Waals surface area contributed by atoms with Crippen molar-refractivity contribution in [3.8, 4) is 0 Å². The molecule has 0 aliphatic rings. The smallest absolute Gasteiger partial charge is 0.162 e. The number of aromatic nitrogens is 5. The van der Waals surface area contributed by atoms with E-state index in [4.69, 9.17) is 0 Å². The molecular formula is C14H13N5S. The van der Waals surface area contributed by atoms with Crippen LogP contribution in [0.4, 0.5) is 0 Å². The van der Waals surface area contributed by atoms with Crippen LogP contribution in [0, 0.1) is 0 Å². The summed E-state index contributed by atoms with van der Waals surface area (Å²) in [4.78, 5) is 12.8. The van der Waals surface area contributed by atoms with Crippen LogP contribution in [0.3, 0.4) is 0 Å². The lowest BCUT2D eigenvalue weighted by Crippen LogP contribution is -2.03. The third-order valence-corrected chi connectivity index (χ3v) is 3.79. The number of hydrogen-bond acceptors (Lipinski definition) is 5. The molecule has 3 rings (SSSR count). The molecule has 3 aromatic heterocycles. The Hall–Kier alpha value is -2.21. The van der Waals surface area contributed by atoms with Gasteiger partial charge in [0.05, 0.1) is 18.1 Å². The maximum atomic E-state index is 4.41. The summed E-state index contributed by atoms with van der Waals surface area (Å²) in [5.74, 6) is 0.819. The van der Waals surface area contributed by atoms with Crippen molar-refractivity contribution in [3.63, 3.8) is 0 Å². The second-order valence-corrected chi connectivity index (χ2v) is 5.19. The summed E-state index contributed by atoms with van der Waals surface area (Å²) >= 11 is 1.63. The molecule has 0 unspecified atom stereocenters. The van der Waals surface area contributed by atoms with E-state index in [1.165, 1.54) is 0 Å². The minimum atomic E-state index is 0.653. The van der Waals surface area contributed by atoms with Crippen LogP contribution in [0.15, 0.2) is 54.7 Å². The third kappa shape index (κ3) is 2.55. The summed E-state index contributed by atoms with van der Waals surface area (Å²) in [7, 11) is 0. The normalized spacial score (nSPS) is 10.8. The Kier molecular flexibility index (Phi) is 3.73. The Morgan fingerprint density at radius 1 is 1.30 bits per heavy atom. The summed E-state index contributed by atoms with van der Waals surface area (Å²) in [6, 6.07) is 3.94. The second-order valence-electron chi connectivity index (χ2n) is 4.18. The molecule has 3 heterocycles. The van der Waals surface area contributed by atoms with E-state index in [1.54, 1.807) is 24.3 Å². The Labute approximate surface area is 120 Å². The van der Waals surface area contributed by atoms with E-state index in [9.17, 15) is 0 Å². The molecule has 0 amide bonds. The maximum absolute atomic E-state index is 4.41. The summed E-state index contributed by atoms with van der Waals surface area (Å²) in [6.45, 7) is 4.38. The zero-order valence-corrected chi connectivity index (χ0v) is 11.6. The number of nitrogens with zero attached hydrogens (tertiary/aromatic N) is 5. The Morgan fingerprint density at radius 3 is 3.05 bits per heavy atom. The van der Waals surface area contributed by atoms with E-state index < -0.39 is 0 Å². The van der Waals surface area contributed by atoms with Crippen LogP contribution in [-0.2, 0) is 6.54 Å². The Morgan fingerprint density at radius 2 is 2.25 bits per heavy atom. The highest BCUT2D eigenvalue weighted by Crippen LogP contribution is 2.24. The average molecular weight is 283 g/mol. The van der Waals surface area contributed by atoms with Gasteiger partial charge in [0.25, 0.3) is 0 Å². The SMILES string of the molecule is C=CCSc1ncnc2c1cnn2Cc1cccnc1. The largest absolute Gasteiger partial charge is 0.264 e.